The average Bonchev–Trinajstić information content (AvgIpc) is 2.61. The Kier molecular flexibility index (Phi) is 8.49. The van der Waals surface area contributed by atoms with Crippen LogP contribution in [0.2, 0.25) is 10.0 Å². The van der Waals surface area contributed by atoms with Gasteiger partial charge in [-0.15, -0.1) is 0 Å². The highest BCUT2D eigenvalue weighted by atomic mass is 35.5. The molecule has 28 heavy (non-hydrogen) atoms. The maximum atomic E-state index is 12.2. The highest BCUT2D eigenvalue weighted by Gasteiger charge is 2.21. The quantitative estimate of drug-likeness (QED) is 0.571. The van der Waals surface area contributed by atoms with Gasteiger partial charge in [0.25, 0.3) is 0 Å². The number of thioether (sulfide) groups is 1. The fourth-order valence-electron chi connectivity index (χ4n) is 2.48. The fourth-order valence-corrected chi connectivity index (χ4v) is 4.43. The Morgan fingerprint density at radius 3 is 2.54 bits per heavy atom. The minimum absolute atomic E-state index is 0.223. The molecule has 0 aromatic heterocycles. The predicted molar refractivity (Wildman–Crippen MR) is 119 cm³/mol. The number of nitrogens with zero attached hydrogens (tertiary/aromatic N) is 1. The van der Waals surface area contributed by atoms with Gasteiger partial charge in [0.1, 0.15) is 6.54 Å². The number of rotatable bonds is 9. The van der Waals surface area contributed by atoms with Crippen LogP contribution in [0.1, 0.15) is 11.1 Å². The van der Waals surface area contributed by atoms with E-state index in [2.05, 4.69) is 30.4 Å². The maximum Gasteiger partial charge on any atom is 0.240 e. The summed E-state index contributed by atoms with van der Waals surface area (Å²) in [4.78, 5) is 12.2. The van der Waals surface area contributed by atoms with E-state index in [0.717, 1.165) is 22.1 Å². The van der Waals surface area contributed by atoms with Gasteiger partial charge < -0.3 is 5.32 Å². The first-order valence-corrected chi connectivity index (χ1v) is 12.3. The van der Waals surface area contributed by atoms with E-state index in [0.29, 0.717) is 17.3 Å². The molecule has 152 valence electrons. The van der Waals surface area contributed by atoms with E-state index in [1.54, 1.807) is 11.8 Å². The van der Waals surface area contributed by atoms with E-state index in [1.807, 2.05) is 6.07 Å². The minimum atomic E-state index is -3.65. The third-order valence-corrected chi connectivity index (χ3v) is 6.71. The Bertz CT molecular complexity index is 937. The first kappa shape index (κ1) is 22.9. The molecule has 9 heteroatoms. The number of carbonyl (C=O) groups is 1. The Labute approximate surface area is 180 Å². The number of sulfonamides is 1. The van der Waals surface area contributed by atoms with Crippen molar-refractivity contribution in [2.24, 2.45) is 0 Å². The van der Waals surface area contributed by atoms with Crippen LogP contribution in [0.25, 0.3) is 0 Å². The van der Waals surface area contributed by atoms with Crippen molar-refractivity contribution in [3.8, 4) is 0 Å². The molecule has 0 aliphatic heterocycles. The first-order valence-electron chi connectivity index (χ1n) is 8.49. The molecular formula is C19H22Cl2N2O3S2. The number of benzene rings is 2. The van der Waals surface area contributed by atoms with E-state index in [4.69, 9.17) is 23.2 Å². The zero-order chi connectivity index (χ0) is 20.7. The number of anilines is 1. The van der Waals surface area contributed by atoms with Gasteiger partial charge in [-0.3, -0.25) is 9.10 Å². The molecule has 2 aromatic carbocycles. The molecule has 0 atom stereocenters. The third-order valence-electron chi connectivity index (χ3n) is 3.80. The highest BCUT2D eigenvalue weighted by molar-refractivity contribution is 7.98. The summed E-state index contributed by atoms with van der Waals surface area (Å²) < 4.78 is 25.2. The van der Waals surface area contributed by atoms with Crippen LogP contribution in [0.3, 0.4) is 0 Å². The van der Waals surface area contributed by atoms with E-state index in [1.165, 1.54) is 29.3 Å². The summed E-state index contributed by atoms with van der Waals surface area (Å²) in [5, 5.41) is 3.29. The van der Waals surface area contributed by atoms with Gasteiger partial charge in [0.2, 0.25) is 15.9 Å². The largest absolute Gasteiger partial charge is 0.354 e. The van der Waals surface area contributed by atoms with Crippen LogP contribution in [0, 0.1) is 6.92 Å². The molecule has 1 amide bonds. The van der Waals surface area contributed by atoms with Crippen molar-refractivity contribution in [1.82, 2.24) is 5.32 Å². The van der Waals surface area contributed by atoms with Crippen molar-refractivity contribution >= 4 is 56.6 Å². The maximum absolute atomic E-state index is 12.2. The fraction of sp³-hybridized carbons (Fsp3) is 0.316. The molecular weight excluding hydrogens is 439 g/mol. The standard InChI is InChI=1S/C19H22Cl2N2O3S2/c1-14-4-3-5-15(10-14)13-27-9-8-22-19(24)12-23(28(2,25)26)16-6-7-17(20)18(21)11-16/h3-7,10-11H,8-9,12-13H2,1-2H3,(H,22,24). The van der Waals surface area contributed by atoms with Gasteiger partial charge in [-0.25, -0.2) is 8.42 Å². The molecule has 0 bridgehead atoms. The van der Waals surface area contributed by atoms with E-state index >= 15 is 0 Å². The van der Waals surface area contributed by atoms with Gasteiger partial charge in [0, 0.05) is 18.1 Å². The molecule has 0 spiro atoms. The van der Waals surface area contributed by atoms with Crippen molar-refractivity contribution in [3.05, 3.63) is 63.6 Å². The van der Waals surface area contributed by atoms with Crippen LogP contribution in [0.15, 0.2) is 42.5 Å². The average molecular weight is 461 g/mol. The van der Waals surface area contributed by atoms with Crippen molar-refractivity contribution < 1.29 is 13.2 Å². The van der Waals surface area contributed by atoms with Crippen molar-refractivity contribution in [2.75, 3.05) is 29.4 Å². The van der Waals surface area contributed by atoms with Crippen molar-refractivity contribution in [3.63, 3.8) is 0 Å². The van der Waals surface area contributed by atoms with Gasteiger partial charge in [0.05, 0.1) is 22.0 Å². The Hall–Kier alpha value is -1.41. The molecule has 0 unspecified atom stereocenters. The Balaban J connectivity index is 1.85. The van der Waals surface area contributed by atoms with Gasteiger partial charge in [0.15, 0.2) is 0 Å². The molecule has 5 nitrogen and oxygen atoms in total. The SMILES string of the molecule is Cc1cccc(CSCCNC(=O)CN(c2ccc(Cl)c(Cl)c2)S(C)(=O)=O)c1. The van der Waals surface area contributed by atoms with E-state index in [-0.39, 0.29) is 17.5 Å². The molecule has 2 aromatic rings. The monoisotopic (exact) mass is 460 g/mol. The lowest BCUT2D eigenvalue weighted by Crippen LogP contribution is -2.41. The summed E-state index contributed by atoms with van der Waals surface area (Å²) >= 11 is 13.5. The van der Waals surface area contributed by atoms with Crippen LogP contribution >= 0.6 is 35.0 Å². The molecule has 0 radical (unpaired) electrons. The second-order valence-electron chi connectivity index (χ2n) is 6.26. The molecule has 0 aliphatic carbocycles. The van der Waals surface area contributed by atoms with Gasteiger partial charge in [-0.2, -0.15) is 11.8 Å². The lowest BCUT2D eigenvalue weighted by molar-refractivity contribution is -0.119. The van der Waals surface area contributed by atoms with Gasteiger partial charge in [-0.1, -0.05) is 53.0 Å². The summed E-state index contributed by atoms with van der Waals surface area (Å²) in [6, 6.07) is 12.7. The topological polar surface area (TPSA) is 66.5 Å². The molecule has 0 fully saturated rings. The second kappa shape index (κ2) is 10.4. The minimum Gasteiger partial charge on any atom is -0.354 e. The smallest absolute Gasteiger partial charge is 0.240 e. The molecule has 0 aliphatic rings. The van der Waals surface area contributed by atoms with E-state index < -0.39 is 10.0 Å². The number of halogens is 2. The second-order valence-corrected chi connectivity index (χ2v) is 10.1. The lowest BCUT2D eigenvalue weighted by Gasteiger charge is -2.22. The zero-order valence-corrected chi connectivity index (χ0v) is 18.8. The molecule has 0 heterocycles. The van der Waals surface area contributed by atoms with E-state index in [9.17, 15) is 13.2 Å². The van der Waals surface area contributed by atoms with Gasteiger partial charge in [-0.05, 0) is 30.7 Å². The van der Waals surface area contributed by atoms with Crippen LogP contribution in [0.4, 0.5) is 5.69 Å². The Morgan fingerprint density at radius 2 is 1.89 bits per heavy atom. The Morgan fingerprint density at radius 1 is 1.14 bits per heavy atom. The lowest BCUT2D eigenvalue weighted by atomic mass is 10.2. The normalized spacial score (nSPS) is 11.3. The molecule has 2 rings (SSSR count). The summed E-state index contributed by atoms with van der Waals surface area (Å²) in [5.74, 6) is 1.20. The summed E-state index contributed by atoms with van der Waals surface area (Å²) in [6.45, 7) is 2.18. The third kappa shape index (κ3) is 7.20. The number of hydrogen-bond acceptors (Lipinski definition) is 4. The molecule has 1 N–H and O–H groups in total. The molecule has 0 saturated heterocycles. The first-order chi connectivity index (χ1) is 13.2. The number of carbonyl (C=O) groups excluding carboxylic acids is 1. The summed E-state index contributed by atoms with van der Waals surface area (Å²) in [5.41, 5.74) is 2.75. The van der Waals surface area contributed by atoms with Crippen LogP contribution in [0.5, 0.6) is 0 Å². The summed E-state index contributed by atoms with van der Waals surface area (Å²) in [6.07, 6.45) is 1.04. The number of nitrogens with one attached hydrogen (secondary N) is 1. The van der Waals surface area contributed by atoms with Crippen LogP contribution < -0.4 is 9.62 Å². The van der Waals surface area contributed by atoms with Crippen LogP contribution in [-0.4, -0.2) is 39.4 Å². The predicted octanol–water partition coefficient (Wildman–Crippen LogP) is 4.12. The van der Waals surface area contributed by atoms with Crippen molar-refractivity contribution in [2.45, 2.75) is 12.7 Å². The number of hydrogen-bond donors (Lipinski definition) is 1. The number of aryl methyl sites for hydroxylation is 1. The van der Waals surface area contributed by atoms with Crippen LogP contribution in [-0.2, 0) is 20.6 Å². The molecule has 0 saturated carbocycles. The van der Waals surface area contributed by atoms with Crippen molar-refractivity contribution in [1.29, 1.82) is 0 Å². The summed E-state index contributed by atoms with van der Waals surface area (Å²) in [7, 11) is -3.65. The highest BCUT2D eigenvalue weighted by Crippen LogP contribution is 2.28. The zero-order valence-electron chi connectivity index (χ0n) is 15.6. The number of amides is 1. The van der Waals surface area contributed by atoms with Gasteiger partial charge >= 0.3 is 0 Å².